The maximum absolute atomic E-state index is 12.2. The van der Waals surface area contributed by atoms with Gasteiger partial charge in [-0.2, -0.15) is 9.40 Å². The summed E-state index contributed by atoms with van der Waals surface area (Å²) in [6.07, 6.45) is 2.48. The van der Waals surface area contributed by atoms with Gasteiger partial charge in [0.15, 0.2) is 5.69 Å². The van der Waals surface area contributed by atoms with E-state index in [1.54, 1.807) is 15.1 Å². The Morgan fingerprint density at radius 2 is 2.04 bits per heavy atom. The third-order valence-corrected chi connectivity index (χ3v) is 6.89. The zero-order chi connectivity index (χ0) is 19.3. The van der Waals surface area contributed by atoms with Crippen LogP contribution in [0, 0.1) is 0 Å². The number of nitrogens with one attached hydrogen (secondary N) is 1. The van der Waals surface area contributed by atoms with E-state index in [2.05, 4.69) is 15.3 Å². The van der Waals surface area contributed by atoms with Gasteiger partial charge in [0.05, 0.1) is 12.4 Å². The first kappa shape index (κ1) is 20.1. The average Bonchev–Trinajstić information content (AvgIpc) is 3.11. The summed E-state index contributed by atoms with van der Waals surface area (Å²) in [5.74, 6) is 0.672. The number of aromatic nitrogens is 2. The molecule has 1 aromatic rings. The Kier molecular flexibility index (Phi) is 6.72. The summed E-state index contributed by atoms with van der Waals surface area (Å²) >= 11 is 0. The van der Waals surface area contributed by atoms with E-state index in [-0.39, 0.29) is 11.7 Å². The quantitative estimate of drug-likeness (QED) is 0.668. The number of ether oxygens (including phenoxy) is 1. The smallest absolute Gasteiger partial charge is 0.271 e. The van der Waals surface area contributed by atoms with Crippen LogP contribution in [0.5, 0.6) is 5.88 Å². The van der Waals surface area contributed by atoms with Crippen LogP contribution < -0.4 is 10.1 Å². The number of aryl methyl sites for hydroxylation is 1. The normalized spacial score (nSPS) is 18.7. The lowest BCUT2D eigenvalue weighted by atomic mass is 10.3. The summed E-state index contributed by atoms with van der Waals surface area (Å²) in [7, 11) is -3.13. The Morgan fingerprint density at radius 3 is 2.74 bits per heavy atom. The van der Waals surface area contributed by atoms with Gasteiger partial charge >= 0.3 is 0 Å². The fourth-order valence-corrected chi connectivity index (χ4v) is 4.91. The van der Waals surface area contributed by atoms with Gasteiger partial charge in [0.1, 0.15) is 0 Å². The molecule has 0 atom stereocenters. The van der Waals surface area contributed by atoms with Crippen molar-refractivity contribution >= 4 is 15.9 Å². The molecule has 10 heteroatoms. The summed E-state index contributed by atoms with van der Waals surface area (Å²) in [4.78, 5) is 14.4. The number of carbonyl (C=O) groups is 1. The third kappa shape index (κ3) is 5.20. The summed E-state index contributed by atoms with van der Waals surface area (Å²) in [5.41, 5.74) is 0.374. The third-order valence-electron chi connectivity index (χ3n) is 4.93. The number of amides is 1. The standard InChI is InChI=1S/C17H29N5O4S/c1-2-3-13-27(24,25)21-10-8-20(9-11-21)7-5-18-17(23)15-14-16-22(19-15)6-4-12-26-16/h14H,2-13H2,1H3,(H,18,23). The summed E-state index contributed by atoms with van der Waals surface area (Å²) in [6, 6.07) is 1.68. The van der Waals surface area contributed by atoms with Crippen molar-refractivity contribution in [1.29, 1.82) is 0 Å². The summed E-state index contributed by atoms with van der Waals surface area (Å²) in [6.45, 7) is 7.04. The number of hydrogen-bond donors (Lipinski definition) is 1. The summed E-state index contributed by atoms with van der Waals surface area (Å²) in [5, 5.41) is 7.15. The first-order valence-corrected chi connectivity index (χ1v) is 11.3. The van der Waals surface area contributed by atoms with E-state index in [9.17, 15) is 13.2 Å². The molecule has 0 spiro atoms. The molecule has 1 fully saturated rings. The Bertz CT molecular complexity index is 717. The highest BCUT2D eigenvalue weighted by atomic mass is 32.2. The van der Waals surface area contributed by atoms with Crippen LogP contribution in [0.25, 0.3) is 0 Å². The van der Waals surface area contributed by atoms with Crippen molar-refractivity contribution in [3.8, 4) is 5.88 Å². The maximum Gasteiger partial charge on any atom is 0.271 e. The molecule has 1 N–H and O–H groups in total. The predicted octanol–water partition coefficient (Wildman–Crippen LogP) is 0.143. The van der Waals surface area contributed by atoms with E-state index in [1.165, 1.54) is 0 Å². The Balaban J connectivity index is 1.39. The monoisotopic (exact) mass is 399 g/mol. The first-order chi connectivity index (χ1) is 13.0. The van der Waals surface area contributed by atoms with Crippen LogP contribution in [0.3, 0.4) is 0 Å². The van der Waals surface area contributed by atoms with Crippen molar-refractivity contribution < 1.29 is 17.9 Å². The number of nitrogens with zero attached hydrogens (tertiary/aromatic N) is 4. The largest absolute Gasteiger partial charge is 0.478 e. The minimum absolute atomic E-state index is 0.207. The highest BCUT2D eigenvalue weighted by Crippen LogP contribution is 2.18. The van der Waals surface area contributed by atoms with Gasteiger partial charge in [-0.1, -0.05) is 13.3 Å². The van der Waals surface area contributed by atoms with Crippen LogP contribution in [0.15, 0.2) is 6.07 Å². The molecule has 1 amide bonds. The number of sulfonamides is 1. The van der Waals surface area contributed by atoms with Crippen molar-refractivity contribution in [2.45, 2.75) is 32.7 Å². The average molecular weight is 400 g/mol. The van der Waals surface area contributed by atoms with Gasteiger partial charge in [0, 0.05) is 58.3 Å². The highest BCUT2D eigenvalue weighted by Gasteiger charge is 2.26. The summed E-state index contributed by atoms with van der Waals surface area (Å²) < 4.78 is 33.2. The molecule has 27 heavy (non-hydrogen) atoms. The number of piperazine rings is 1. The lowest BCUT2D eigenvalue weighted by Crippen LogP contribution is -2.50. The topological polar surface area (TPSA) is 96.8 Å². The molecule has 1 aromatic heterocycles. The van der Waals surface area contributed by atoms with Gasteiger partial charge in [0.25, 0.3) is 5.91 Å². The number of fused-ring (bicyclic) bond motifs is 1. The molecule has 152 valence electrons. The molecule has 0 unspecified atom stereocenters. The maximum atomic E-state index is 12.2. The lowest BCUT2D eigenvalue weighted by Gasteiger charge is -2.33. The van der Waals surface area contributed by atoms with Crippen molar-refractivity contribution in [3.63, 3.8) is 0 Å². The second-order valence-corrected chi connectivity index (χ2v) is 9.05. The molecular weight excluding hydrogens is 370 g/mol. The molecule has 1 saturated heterocycles. The van der Waals surface area contributed by atoms with Crippen LogP contribution in [0.1, 0.15) is 36.7 Å². The van der Waals surface area contributed by atoms with E-state index in [0.717, 1.165) is 19.4 Å². The van der Waals surface area contributed by atoms with E-state index < -0.39 is 10.0 Å². The fourth-order valence-electron chi connectivity index (χ4n) is 3.28. The van der Waals surface area contributed by atoms with E-state index >= 15 is 0 Å². The Morgan fingerprint density at radius 1 is 1.26 bits per heavy atom. The van der Waals surface area contributed by atoms with Gasteiger partial charge < -0.3 is 10.1 Å². The highest BCUT2D eigenvalue weighted by molar-refractivity contribution is 7.89. The predicted molar refractivity (Wildman–Crippen MR) is 101 cm³/mol. The van der Waals surface area contributed by atoms with Gasteiger partial charge in [-0.25, -0.2) is 13.1 Å². The van der Waals surface area contributed by atoms with E-state index in [4.69, 9.17) is 4.74 Å². The second kappa shape index (κ2) is 9.03. The number of rotatable bonds is 8. The van der Waals surface area contributed by atoms with E-state index in [0.29, 0.717) is 63.9 Å². The van der Waals surface area contributed by atoms with Crippen LogP contribution in [0.4, 0.5) is 0 Å². The Hall–Kier alpha value is -1.65. The molecule has 2 aliphatic rings. The molecule has 3 rings (SSSR count). The molecule has 3 heterocycles. The molecule has 0 radical (unpaired) electrons. The zero-order valence-corrected chi connectivity index (χ0v) is 16.7. The second-order valence-electron chi connectivity index (χ2n) is 6.96. The van der Waals surface area contributed by atoms with Crippen LogP contribution in [-0.4, -0.2) is 84.9 Å². The van der Waals surface area contributed by atoms with Crippen LogP contribution >= 0.6 is 0 Å². The van der Waals surface area contributed by atoms with E-state index in [1.807, 2.05) is 6.92 Å². The minimum Gasteiger partial charge on any atom is -0.478 e. The SMILES string of the molecule is CCCCS(=O)(=O)N1CCN(CCNC(=O)c2cc3n(n2)CCCO3)CC1. The van der Waals surface area contributed by atoms with Crippen molar-refractivity contribution in [1.82, 2.24) is 24.3 Å². The van der Waals surface area contributed by atoms with Gasteiger partial charge in [-0.3, -0.25) is 9.69 Å². The van der Waals surface area contributed by atoms with Crippen molar-refractivity contribution in [2.75, 3.05) is 51.6 Å². The zero-order valence-electron chi connectivity index (χ0n) is 15.9. The molecule has 9 nitrogen and oxygen atoms in total. The molecule has 0 aliphatic carbocycles. The van der Waals surface area contributed by atoms with Crippen molar-refractivity contribution in [2.24, 2.45) is 0 Å². The van der Waals surface area contributed by atoms with Crippen molar-refractivity contribution in [3.05, 3.63) is 11.8 Å². The molecule has 0 saturated carbocycles. The van der Waals surface area contributed by atoms with Gasteiger partial charge in [-0.05, 0) is 6.42 Å². The number of hydrogen-bond acceptors (Lipinski definition) is 6. The molecular formula is C17H29N5O4S. The van der Waals surface area contributed by atoms with Crippen LogP contribution in [0.2, 0.25) is 0 Å². The number of unbranched alkanes of at least 4 members (excludes halogenated alkanes) is 1. The molecule has 2 aliphatic heterocycles. The molecule has 0 aromatic carbocycles. The Labute approximate surface area is 160 Å². The fraction of sp³-hybridized carbons (Fsp3) is 0.765. The number of carbonyl (C=O) groups excluding carboxylic acids is 1. The first-order valence-electron chi connectivity index (χ1n) is 9.68. The minimum atomic E-state index is -3.13. The van der Waals surface area contributed by atoms with Gasteiger partial charge in [-0.15, -0.1) is 0 Å². The molecule has 0 bridgehead atoms. The van der Waals surface area contributed by atoms with Gasteiger partial charge in [0.2, 0.25) is 15.9 Å². The van der Waals surface area contributed by atoms with Crippen LogP contribution in [-0.2, 0) is 16.6 Å². The lowest BCUT2D eigenvalue weighted by molar-refractivity contribution is 0.0939.